The molecule has 1 saturated heterocycles. The van der Waals surface area contributed by atoms with Crippen molar-refractivity contribution in [2.45, 2.75) is 51.3 Å². The first-order valence-electron chi connectivity index (χ1n) is 8.34. The van der Waals surface area contributed by atoms with Crippen LogP contribution in [0.2, 0.25) is 0 Å². The highest BCUT2D eigenvalue weighted by atomic mass is 32.1. The first-order valence-corrected chi connectivity index (χ1v) is 9.15. The lowest BCUT2D eigenvalue weighted by atomic mass is 10.2. The third-order valence-electron chi connectivity index (χ3n) is 4.01. The van der Waals surface area contributed by atoms with Crippen LogP contribution >= 0.6 is 11.3 Å². The van der Waals surface area contributed by atoms with Crippen LogP contribution in [0.4, 0.5) is 9.93 Å². The number of hydrogen-bond donors (Lipinski definition) is 1. The van der Waals surface area contributed by atoms with E-state index in [1.165, 1.54) is 16.2 Å². The molecule has 0 aromatic carbocycles. The zero-order valence-electron chi connectivity index (χ0n) is 14.3. The number of hydrogen-bond acceptors (Lipinski definition) is 6. The van der Waals surface area contributed by atoms with Crippen molar-refractivity contribution in [2.24, 2.45) is 0 Å². The Morgan fingerprint density at radius 3 is 2.88 bits per heavy atom. The fourth-order valence-corrected chi connectivity index (χ4v) is 3.61. The Morgan fingerprint density at radius 2 is 2.21 bits per heavy atom. The fraction of sp³-hybridized carbons (Fsp3) is 0.688. The van der Waals surface area contributed by atoms with Crippen LogP contribution in [0.25, 0.3) is 0 Å². The second-order valence-corrected chi connectivity index (χ2v) is 6.84. The van der Waals surface area contributed by atoms with Crippen LogP contribution in [0.5, 0.6) is 0 Å². The smallest absolute Gasteiger partial charge is 0.329 e. The number of ether oxygens (including phenoxy) is 1. The highest BCUT2D eigenvalue weighted by Crippen LogP contribution is 2.31. The van der Waals surface area contributed by atoms with Crippen molar-refractivity contribution >= 4 is 22.5 Å². The summed E-state index contributed by atoms with van der Waals surface area (Å²) < 4.78 is 5.19. The summed E-state index contributed by atoms with van der Waals surface area (Å²) >= 11 is 1.37. The summed E-state index contributed by atoms with van der Waals surface area (Å²) in [6.07, 6.45) is 5.42. The maximum atomic E-state index is 12.8. The molecule has 2 rings (SSSR count). The molecule has 0 bridgehead atoms. The Balaban J connectivity index is 2.15. The van der Waals surface area contributed by atoms with Crippen molar-refractivity contribution in [3.8, 4) is 0 Å². The number of aryl methyl sites for hydroxylation is 1. The molecule has 2 heterocycles. The van der Waals surface area contributed by atoms with Gasteiger partial charge in [-0.25, -0.2) is 9.69 Å². The number of allylic oxidation sites excluding steroid dienone is 1. The summed E-state index contributed by atoms with van der Waals surface area (Å²) in [5.41, 5.74) is 0. The number of carbonyl (C=O) groups excluding carboxylic acids is 1. The number of aromatic nitrogens is 2. The lowest BCUT2D eigenvalue weighted by Crippen LogP contribution is -2.41. The van der Waals surface area contributed by atoms with E-state index >= 15 is 0 Å². The van der Waals surface area contributed by atoms with E-state index in [1.54, 1.807) is 12.0 Å². The number of rotatable bonds is 10. The molecular weight excluding hydrogens is 328 g/mol. The van der Waals surface area contributed by atoms with Crippen LogP contribution in [0.15, 0.2) is 12.7 Å². The van der Waals surface area contributed by atoms with E-state index in [-0.39, 0.29) is 12.6 Å². The Bertz CT molecular complexity index is 551. The zero-order valence-corrected chi connectivity index (χ0v) is 15.2. The van der Waals surface area contributed by atoms with Crippen molar-refractivity contribution in [1.82, 2.24) is 15.1 Å². The molecule has 8 heteroatoms. The summed E-state index contributed by atoms with van der Waals surface area (Å²) in [5, 5.41) is 20.2. The quantitative estimate of drug-likeness (QED) is 0.516. The van der Waals surface area contributed by atoms with Gasteiger partial charge in [-0.2, -0.15) is 0 Å². The molecule has 7 nitrogen and oxygen atoms in total. The van der Waals surface area contributed by atoms with Crippen LogP contribution in [-0.4, -0.2) is 58.8 Å². The summed E-state index contributed by atoms with van der Waals surface area (Å²) in [6, 6.07) is -0.651. The minimum Gasteiger partial charge on any atom is -0.382 e. The van der Waals surface area contributed by atoms with Gasteiger partial charge in [0, 0.05) is 20.1 Å². The molecular formula is C16H26N4O3S. The van der Waals surface area contributed by atoms with Gasteiger partial charge in [0.1, 0.15) is 11.0 Å². The summed E-state index contributed by atoms with van der Waals surface area (Å²) in [5.74, 6) is 0. The Kier molecular flexibility index (Phi) is 7.14. The summed E-state index contributed by atoms with van der Waals surface area (Å²) in [6.45, 7) is 6.64. The van der Waals surface area contributed by atoms with Crippen molar-refractivity contribution in [2.75, 3.05) is 25.2 Å². The van der Waals surface area contributed by atoms with Crippen molar-refractivity contribution in [3.05, 3.63) is 17.7 Å². The third-order valence-corrected chi connectivity index (χ3v) is 4.99. The van der Waals surface area contributed by atoms with Crippen LogP contribution in [-0.2, 0) is 11.2 Å². The van der Waals surface area contributed by atoms with Crippen molar-refractivity contribution in [3.63, 3.8) is 0 Å². The van der Waals surface area contributed by atoms with Gasteiger partial charge in [-0.05, 0) is 19.3 Å². The van der Waals surface area contributed by atoms with E-state index in [1.807, 2.05) is 6.08 Å². The first kappa shape index (κ1) is 18.8. The van der Waals surface area contributed by atoms with Gasteiger partial charge in [0.2, 0.25) is 5.13 Å². The summed E-state index contributed by atoms with van der Waals surface area (Å²) in [4.78, 5) is 15.8. The highest BCUT2D eigenvalue weighted by Gasteiger charge is 2.46. The number of urea groups is 1. The van der Waals surface area contributed by atoms with E-state index in [2.05, 4.69) is 23.7 Å². The molecule has 1 fully saturated rings. The standard InChI is InChI=1S/C16H26N4O3S/c1-4-6-8-10-19-12(11-23-3)14(21)20(16(19)22)15-18-17-13(24-15)9-7-5-2/h4,12,14,21H,1,5-11H2,2-3H3. The topological polar surface area (TPSA) is 78.8 Å². The number of aliphatic hydroxyl groups is 1. The molecule has 0 radical (unpaired) electrons. The predicted octanol–water partition coefficient (Wildman–Crippen LogP) is 2.42. The lowest BCUT2D eigenvalue weighted by molar-refractivity contribution is 0.0551. The molecule has 1 N–H and O–H groups in total. The molecule has 0 spiro atoms. The average Bonchev–Trinajstić information content (AvgIpc) is 3.11. The van der Waals surface area contributed by atoms with Crippen LogP contribution in [0.3, 0.4) is 0 Å². The number of methoxy groups -OCH3 is 1. The van der Waals surface area contributed by atoms with Gasteiger partial charge in [-0.1, -0.05) is 30.8 Å². The molecule has 2 amide bonds. The molecule has 1 aromatic heterocycles. The molecule has 2 atom stereocenters. The molecule has 2 unspecified atom stereocenters. The third kappa shape index (κ3) is 4.12. The largest absolute Gasteiger partial charge is 0.382 e. The number of amides is 2. The van der Waals surface area contributed by atoms with E-state index in [0.717, 1.165) is 37.1 Å². The van der Waals surface area contributed by atoms with Gasteiger partial charge in [0.05, 0.1) is 6.61 Å². The molecule has 24 heavy (non-hydrogen) atoms. The predicted molar refractivity (Wildman–Crippen MR) is 94.2 cm³/mol. The van der Waals surface area contributed by atoms with Gasteiger partial charge in [-0.3, -0.25) is 0 Å². The van der Waals surface area contributed by atoms with E-state index < -0.39 is 12.3 Å². The Morgan fingerprint density at radius 1 is 1.42 bits per heavy atom. The Labute approximate surface area is 146 Å². The Hall–Kier alpha value is -1.51. The van der Waals surface area contributed by atoms with Gasteiger partial charge in [0.25, 0.3) is 0 Å². The van der Waals surface area contributed by atoms with Crippen molar-refractivity contribution < 1.29 is 14.6 Å². The maximum Gasteiger partial charge on any atom is 0.329 e. The molecule has 1 aliphatic rings. The number of unbranched alkanes of at least 4 members (excludes halogenated alkanes) is 2. The maximum absolute atomic E-state index is 12.8. The van der Waals surface area contributed by atoms with Gasteiger partial charge >= 0.3 is 6.03 Å². The van der Waals surface area contributed by atoms with Gasteiger partial charge in [0.15, 0.2) is 6.23 Å². The molecule has 1 aromatic rings. The van der Waals surface area contributed by atoms with E-state index in [0.29, 0.717) is 11.7 Å². The first-order chi connectivity index (χ1) is 11.6. The minimum absolute atomic E-state index is 0.244. The molecule has 0 saturated carbocycles. The average molecular weight is 354 g/mol. The number of nitrogens with zero attached hydrogens (tertiary/aromatic N) is 4. The molecule has 0 aliphatic carbocycles. The molecule has 1 aliphatic heterocycles. The van der Waals surface area contributed by atoms with Crippen LogP contribution in [0, 0.1) is 0 Å². The summed E-state index contributed by atoms with van der Waals surface area (Å²) in [7, 11) is 1.57. The fourth-order valence-electron chi connectivity index (χ4n) is 2.71. The highest BCUT2D eigenvalue weighted by molar-refractivity contribution is 7.15. The SMILES string of the molecule is C=CCCCN1C(=O)N(c2nnc(CCCC)s2)C(O)C1COC. The second-order valence-electron chi connectivity index (χ2n) is 5.80. The number of anilines is 1. The van der Waals surface area contributed by atoms with Gasteiger partial charge < -0.3 is 14.7 Å². The minimum atomic E-state index is -0.979. The lowest BCUT2D eigenvalue weighted by Gasteiger charge is -2.23. The normalized spacial score (nSPS) is 20.9. The zero-order chi connectivity index (χ0) is 17.5. The number of aliphatic hydroxyl groups excluding tert-OH is 1. The van der Waals surface area contributed by atoms with Crippen molar-refractivity contribution in [1.29, 1.82) is 0 Å². The van der Waals surface area contributed by atoms with Crippen LogP contribution in [0.1, 0.15) is 37.6 Å². The molecule has 134 valence electrons. The second kappa shape index (κ2) is 9.10. The van der Waals surface area contributed by atoms with E-state index in [9.17, 15) is 9.90 Å². The number of carbonyl (C=O) groups is 1. The van der Waals surface area contributed by atoms with E-state index in [4.69, 9.17) is 4.74 Å². The monoisotopic (exact) mass is 354 g/mol. The van der Waals surface area contributed by atoms with Crippen LogP contribution < -0.4 is 4.90 Å². The van der Waals surface area contributed by atoms with Gasteiger partial charge in [-0.15, -0.1) is 16.8 Å².